The van der Waals surface area contributed by atoms with Gasteiger partial charge < -0.3 is 14.8 Å². The van der Waals surface area contributed by atoms with Crippen LogP contribution in [0, 0.1) is 17.7 Å². The maximum Gasteiger partial charge on any atom is 0.320 e. The van der Waals surface area contributed by atoms with E-state index in [1.54, 1.807) is 19.9 Å². The Kier molecular flexibility index (Phi) is 6.05. The lowest BCUT2D eigenvalue weighted by molar-refractivity contribution is -0.163. The molecule has 0 amide bonds. The number of ketones is 1. The first-order valence-electron chi connectivity index (χ1n) is 9.39. The van der Waals surface area contributed by atoms with Gasteiger partial charge in [0.1, 0.15) is 5.82 Å². The highest BCUT2D eigenvalue weighted by atomic mass is 35.5. The molecule has 1 aliphatic heterocycles. The van der Waals surface area contributed by atoms with E-state index in [1.165, 1.54) is 12.1 Å². The van der Waals surface area contributed by atoms with Crippen molar-refractivity contribution in [1.29, 1.82) is 0 Å². The van der Waals surface area contributed by atoms with Crippen LogP contribution in [0.1, 0.15) is 32.3 Å². The van der Waals surface area contributed by atoms with Gasteiger partial charge in [-0.15, -0.1) is 0 Å². The number of carbonyl (C=O) groups excluding carboxylic acids is 3. The highest BCUT2D eigenvalue weighted by Crippen LogP contribution is 2.60. The second-order valence-corrected chi connectivity index (χ2v) is 7.61. The first-order valence-corrected chi connectivity index (χ1v) is 9.76. The number of benzene rings is 1. The van der Waals surface area contributed by atoms with Crippen LogP contribution in [0.4, 0.5) is 4.39 Å². The number of fused-ring (bicyclic) bond motifs is 1. The molecular formula is C20H23ClFNO5. The van der Waals surface area contributed by atoms with Crippen molar-refractivity contribution in [3.05, 3.63) is 34.6 Å². The van der Waals surface area contributed by atoms with Crippen molar-refractivity contribution in [1.82, 2.24) is 5.32 Å². The summed E-state index contributed by atoms with van der Waals surface area (Å²) in [6.45, 7) is 3.89. The number of ether oxygens (including phenoxy) is 2. The van der Waals surface area contributed by atoms with E-state index in [9.17, 15) is 18.8 Å². The third kappa shape index (κ3) is 3.78. The summed E-state index contributed by atoms with van der Waals surface area (Å²) in [6, 6.07) is 3.87. The van der Waals surface area contributed by atoms with Crippen LogP contribution < -0.4 is 5.32 Å². The number of rotatable bonds is 8. The molecule has 0 aromatic heterocycles. The minimum atomic E-state index is -1.29. The maximum absolute atomic E-state index is 14.3. The van der Waals surface area contributed by atoms with Gasteiger partial charge in [0.05, 0.1) is 19.3 Å². The lowest BCUT2D eigenvalue weighted by atomic mass is 9.91. The van der Waals surface area contributed by atoms with E-state index in [0.717, 1.165) is 0 Å². The monoisotopic (exact) mass is 411 g/mol. The average molecular weight is 412 g/mol. The van der Waals surface area contributed by atoms with Gasteiger partial charge in [0.15, 0.2) is 11.7 Å². The highest BCUT2D eigenvalue weighted by molar-refractivity contribution is 6.30. The molecule has 1 saturated carbocycles. The summed E-state index contributed by atoms with van der Waals surface area (Å²) in [5, 5.41) is 3.57. The molecule has 8 heteroatoms. The minimum absolute atomic E-state index is 0.0991. The van der Waals surface area contributed by atoms with Crippen molar-refractivity contribution in [2.75, 3.05) is 19.8 Å². The Morgan fingerprint density at radius 2 is 1.89 bits per heavy atom. The molecule has 1 N–H and O–H groups in total. The molecule has 1 aliphatic carbocycles. The Bertz CT molecular complexity index is 783. The molecule has 3 atom stereocenters. The lowest BCUT2D eigenvalue weighted by Gasteiger charge is -2.17. The fourth-order valence-corrected chi connectivity index (χ4v) is 4.28. The molecule has 2 aliphatic rings. The number of Topliss-reactive ketones (excluding diaryl/α,β-unsaturated/α-hetero) is 1. The molecular weight excluding hydrogens is 389 g/mol. The standard InChI is InChI=1S/C20H23ClFNO5/c1-3-27-18(25)12(19(26)28-4-2)8-16(24)17-14-9-20(14,10-23-17)13-7-11(21)5-6-15(13)22/h5-7,12,14,17,23H,3-4,8-10H2,1-2H3/t14-,17?,20+/m0/s1. The van der Waals surface area contributed by atoms with Crippen LogP contribution in [0.2, 0.25) is 5.02 Å². The third-order valence-corrected chi connectivity index (χ3v) is 5.77. The van der Waals surface area contributed by atoms with Crippen LogP contribution >= 0.6 is 11.6 Å². The predicted molar refractivity (Wildman–Crippen MR) is 99.4 cm³/mol. The normalized spacial score (nSPS) is 25.3. The summed E-state index contributed by atoms with van der Waals surface area (Å²) >= 11 is 6.02. The fraction of sp³-hybridized carbons (Fsp3) is 0.550. The molecule has 6 nitrogen and oxygen atoms in total. The summed E-state index contributed by atoms with van der Waals surface area (Å²) < 4.78 is 24.1. The number of piperidine rings is 1. The van der Waals surface area contributed by atoms with Crippen LogP contribution in [0.3, 0.4) is 0 Å². The first kappa shape index (κ1) is 20.7. The van der Waals surface area contributed by atoms with Crippen LogP contribution in [0.25, 0.3) is 0 Å². The third-order valence-electron chi connectivity index (χ3n) is 5.53. The highest BCUT2D eigenvalue weighted by Gasteiger charge is 2.65. The fourth-order valence-electron chi connectivity index (χ4n) is 4.11. The van der Waals surface area contributed by atoms with Gasteiger partial charge in [-0.25, -0.2) is 4.39 Å². The molecule has 2 fully saturated rings. The number of nitrogens with one attached hydrogen (secondary N) is 1. The zero-order valence-electron chi connectivity index (χ0n) is 15.8. The van der Waals surface area contributed by atoms with Crippen molar-refractivity contribution in [2.24, 2.45) is 11.8 Å². The average Bonchev–Trinajstić information content (AvgIpc) is 3.26. The number of hydrogen-bond acceptors (Lipinski definition) is 6. The molecule has 1 aromatic carbocycles. The largest absolute Gasteiger partial charge is 0.465 e. The van der Waals surface area contributed by atoms with Gasteiger partial charge in [-0.1, -0.05) is 11.6 Å². The summed E-state index contributed by atoms with van der Waals surface area (Å²) in [7, 11) is 0. The number of carbonyl (C=O) groups is 3. The van der Waals surface area contributed by atoms with E-state index in [0.29, 0.717) is 23.6 Å². The van der Waals surface area contributed by atoms with Crippen LogP contribution in [-0.2, 0) is 29.3 Å². The molecule has 0 spiro atoms. The predicted octanol–water partition coefficient (Wildman–Crippen LogP) is 2.41. The molecule has 1 unspecified atom stereocenters. The molecule has 1 saturated heterocycles. The summed E-state index contributed by atoms with van der Waals surface area (Å²) in [4.78, 5) is 37.1. The zero-order valence-corrected chi connectivity index (χ0v) is 16.6. The second-order valence-electron chi connectivity index (χ2n) is 7.18. The van der Waals surface area contributed by atoms with Crippen LogP contribution in [0.15, 0.2) is 18.2 Å². The lowest BCUT2D eigenvalue weighted by Crippen LogP contribution is -2.39. The van der Waals surface area contributed by atoms with Gasteiger partial charge in [-0.2, -0.15) is 0 Å². The Labute approximate surface area is 167 Å². The molecule has 1 aromatic rings. The van der Waals surface area contributed by atoms with Gasteiger partial charge in [0.25, 0.3) is 0 Å². The second kappa shape index (κ2) is 8.17. The summed E-state index contributed by atoms with van der Waals surface area (Å²) in [5.41, 5.74) is 0.0266. The molecule has 152 valence electrons. The van der Waals surface area contributed by atoms with E-state index < -0.39 is 29.3 Å². The summed E-state index contributed by atoms with van der Waals surface area (Å²) in [5.74, 6) is -3.55. The van der Waals surface area contributed by atoms with Crippen LogP contribution in [0.5, 0.6) is 0 Å². The molecule has 0 radical (unpaired) electrons. The van der Waals surface area contributed by atoms with E-state index in [1.807, 2.05) is 0 Å². The van der Waals surface area contributed by atoms with Gasteiger partial charge in [-0.3, -0.25) is 14.4 Å². The zero-order chi connectivity index (χ0) is 20.5. The topological polar surface area (TPSA) is 81.7 Å². The van der Waals surface area contributed by atoms with Crippen molar-refractivity contribution in [2.45, 2.75) is 38.1 Å². The van der Waals surface area contributed by atoms with Crippen molar-refractivity contribution >= 4 is 29.3 Å². The van der Waals surface area contributed by atoms with Gasteiger partial charge in [-0.05, 0) is 49.9 Å². The number of halogens is 2. The molecule has 1 heterocycles. The van der Waals surface area contributed by atoms with E-state index in [-0.39, 0.29) is 37.2 Å². The van der Waals surface area contributed by atoms with Gasteiger partial charge >= 0.3 is 11.9 Å². The minimum Gasteiger partial charge on any atom is -0.465 e. The molecule has 28 heavy (non-hydrogen) atoms. The van der Waals surface area contributed by atoms with Gasteiger partial charge in [0, 0.05) is 23.4 Å². The smallest absolute Gasteiger partial charge is 0.320 e. The summed E-state index contributed by atoms with van der Waals surface area (Å²) in [6.07, 6.45) is 0.344. The number of esters is 2. The Morgan fingerprint density at radius 3 is 2.46 bits per heavy atom. The van der Waals surface area contributed by atoms with E-state index in [4.69, 9.17) is 21.1 Å². The van der Waals surface area contributed by atoms with Crippen molar-refractivity contribution < 1.29 is 28.2 Å². The van der Waals surface area contributed by atoms with Crippen molar-refractivity contribution in [3.8, 4) is 0 Å². The van der Waals surface area contributed by atoms with E-state index in [2.05, 4.69) is 5.32 Å². The SMILES string of the molecule is CCOC(=O)C(CC(=O)C1NC[C@@]2(c3cc(Cl)ccc3F)C[C@@H]12)C(=O)OCC. The first-order chi connectivity index (χ1) is 13.3. The van der Waals surface area contributed by atoms with Gasteiger partial charge in [0.2, 0.25) is 0 Å². The van der Waals surface area contributed by atoms with E-state index >= 15 is 0 Å². The van der Waals surface area contributed by atoms with Crippen molar-refractivity contribution in [3.63, 3.8) is 0 Å². The maximum atomic E-state index is 14.3. The Hall–Kier alpha value is -1.99. The Morgan fingerprint density at radius 1 is 1.25 bits per heavy atom. The molecule has 0 bridgehead atoms. The number of hydrogen-bond donors (Lipinski definition) is 1. The van der Waals surface area contributed by atoms with Crippen LogP contribution in [-0.4, -0.2) is 43.5 Å². The molecule has 3 rings (SSSR count). The Balaban J connectivity index is 1.72. The quantitative estimate of drug-likeness (QED) is 0.522.